The fraction of sp³-hybridized carbons (Fsp3) is 0.650. The zero-order valence-corrected chi connectivity index (χ0v) is 20.1. The maximum absolute atomic E-state index is 12.5. The monoisotopic (exact) mass is 534 g/mol. The highest BCUT2D eigenvalue weighted by Crippen LogP contribution is 2.18. The average molecular weight is 534 g/mol. The van der Waals surface area contributed by atoms with Gasteiger partial charge in [0.2, 0.25) is 0 Å². The number of nitrogens with zero attached hydrogens (tertiary/aromatic N) is 3. The van der Waals surface area contributed by atoms with E-state index in [-0.39, 0.29) is 36.0 Å². The number of carbonyl (C=O) groups is 2. The van der Waals surface area contributed by atoms with Crippen LogP contribution in [-0.4, -0.2) is 80.2 Å². The smallest absolute Gasteiger partial charge is 0.341 e. The molecule has 0 saturated carbocycles. The van der Waals surface area contributed by atoms with Crippen LogP contribution in [0.3, 0.4) is 0 Å². The highest BCUT2D eigenvalue weighted by Gasteiger charge is 2.31. The molecule has 1 aromatic rings. The zero-order chi connectivity index (χ0) is 20.8. The minimum absolute atomic E-state index is 0. The molecular weight excluding hydrogens is 503 g/mol. The van der Waals surface area contributed by atoms with Crippen molar-refractivity contribution < 1.29 is 23.5 Å². The summed E-state index contributed by atoms with van der Waals surface area (Å²) in [5.41, 5.74) is 0.420. The molecule has 168 valence electrons. The second kappa shape index (κ2) is 11.5. The normalized spacial score (nSPS) is 19.4. The molecule has 0 aliphatic carbocycles. The molecule has 10 heteroatoms. The van der Waals surface area contributed by atoms with Crippen molar-refractivity contribution in [1.82, 2.24) is 15.1 Å². The zero-order valence-electron chi connectivity index (χ0n) is 17.8. The topological polar surface area (TPSA) is 96.6 Å². The minimum Gasteiger partial charge on any atom is -0.465 e. The lowest BCUT2D eigenvalue weighted by molar-refractivity contribution is -0.142. The molecule has 0 aromatic carbocycles. The number of halogens is 1. The van der Waals surface area contributed by atoms with Gasteiger partial charge in [0.05, 0.1) is 7.11 Å². The van der Waals surface area contributed by atoms with E-state index in [9.17, 15) is 9.59 Å². The Morgan fingerprint density at radius 3 is 2.57 bits per heavy atom. The summed E-state index contributed by atoms with van der Waals surface area (Å²) in [6.45, 7) is 8.17. The molecule has 3 rings (SSSR count). The number of guanidine groups is 1. The summed E-state index contributed by atoms with van der Waals surface area (Å²) in [4.78, 5) is 32.9. The number of esters is 1. The van der Waals surface area contributed by atoms with E-state index in [0.717, 1.165) is 25.3 Å². The molecule has 1 aromatic heterocycles. The average Bonchev–Trinajstić information content (AvgIpc) is 3.40. The molecule has 3 heterocycles. The van der Waals surface area contributed by atoms with Crippen LogP contribution in [0.1, 0.15) is 41.6 Å². The lowest BCUT2D eigenvalue weighted by Crippen LogP contribution is -2.55. The number of aliphatic imine (C=N–C) groups is 1. The van der Waals surface area contributed by atoms with Crippen molar-refractivity contribution in [3.63, 3.8) is 0 Å². The van der Waals surface area contributed by atoms with Crippen LogP contribution in [0.25, 0.3) is 0 Å². The largest absolute Gasteiger partial charge is 0.465 e. The van der Waals surface area contributed by atoms with Gasteiger partial charge < -0.3 is 29.0 Å². The van der Waals surface area contributed by atoms with Gasteiger partial charge in [0.15, 0.2) is 5.96 Å². The summed E-state index contributed by atoms with van der Waals surface area (Å²) in [6.07, 6.45) is 1.51. The van der Waals surface area contributed by atoms with Gasteiger partial charge in [-0.05, 0) is 32.8 Å². The van der Waals surface area contributed by atoms with Crippen LogP contribution in [0.2, 0.25) is 0 Å². The van der Waals surface area contributed by atoms with E-state index in [0.29, 0.717) is 56.4 Å². The van der Waals surface area contributed by atoms with Crippen molar-refractivity contribution >= 4 is 41.8 Å². The second-order valence-corrected chi connectivity index (χ2v) is 7.16. The lowest BCUT2D eigenvalue weighted by atomic mass is 10.2. The summed E-state index contributed by atoms with van der Waals surface area (Å²) in [5, 5.41) is 3.29. The first-order chi connectivity index (χ1) is 14.0. The van der Waals surface area contributed by atoms with Crippen LogP contribution >= 0.6 is 24.0 Å². The Bertz CT molecular complexity index is 752. The number of hydrogen-bond acceptors (Lipinski definition) is 6. The van der Waals surface area contributed by atoms with E-state index < -0.39 is 5.97 Å². The first-order valence-corrected chi connectivity index (χ1v) is 10.1. The Balaban J connectivity index is 0.00000320. The SMILES string of the molecule is CCNC(=NCc1cc(C(=O)OC)c(C)o1)N1CCN(C(=O)C2CCCO2)CC1.I. The van der Waals surface area contributed by atoms with Gasteiger partial charge in [0, 0.05) is 39.3 Å². The summed E-state index contributed by atoms with van der Waals surface area (Å²) in [5.74, 6) is 1.58. The number of aryl methyl sites for hydroxylation is 1. The Morgan fingerprint density at radius 1 is 1.27 bits per heavy atom. The number of furan rings is 1. The van der Waals surface area contributed by atoms with E-state index in [2.05, 4.69) is 15.2 Å². The molecule has 9 nitrogen and oxygen atoms in total. The molecule has 2 aliphatic heterocycles. The van der Waals surface area contributed by atoms with Crippen LogP contribution < -0.4 is 5.32 Å². The third-order valence-corrected chi connectivity index (χ3v) is 5.19. The molecule has 2 fully saturated rings. The first-order valence-electron chi connectivity index (χ1n) is 10.1. The fourth-order valence-corrected chi connectivity index (χ4v) is 3.63. The van der Waals surface area contributed by atoms with Gasteiger partial charge in [-0.1, -0.05) is 0 Å². The Morgan fingerprint density at radius 2 is 1.97 bits per heavy atom. The van der Waals surface area contributed by atoms with E-state index >= 15 is 0 Å². The molecule has 2 saturated heterocycles. The molecule has 2 aliphatic rings. The second-order valence-electron chi connectivity index (χ2n) is 7.16. The van der Waals surface area contributed by atoms with E-state index in [1.807, 2.05) is 11.8 Å². The van der Waals surface area contributed by atoms with Gasteiger partial charge in [0.25, 0.3) is 5.91 Å². The molecule has 1 N–H and O–H groups in total. The van der Waals surface area contributed by atoms with E-state index in [1.165, 1.54) is 7.11 Å². The Hall–Kier alpha value is -1.82. The van der Waals surface area contributed by atoms with Crippen molar-refractivity contribution in [1.29, 1.82) is 0 Å². The van der Waals surface area contributed by atoms with Gasteiger partial charge in [-0.3, -0.25) is 4.79 Å². The van der Waals surface area contributed by atoms with Gasteiger partial charge in [0.1, 0.15) is 29.7 Å². The summed E-state index contributed by atoms with van der Waals surface area (Å²) in [7, 11) is 1.35. The van der Waals surface area contributed by atoms with Gasteiger partial charge in [-0.15, -0.1) is 24.0 Å². The number of hydrogen-bond donors (Lipinski definition) is 1. The highest BCUT2D eigenvalue weighted by atomic mass is 127. The predicted molar refractivity (Wildman–Crippen MR) is 122 cm³/mol. The Kier molecular flexibility index (Phi) is 9.40. The van der Waals surface area contributed by atoms with Crippen LogP contribution in [0, 0.1) is 6.92 Å². The van der Waals surface area contributed by atoms with E-state index in [4.69, 9.17) is 13.9 Å². The minimum atomic E-state index is -0.416. The number of ether oxygens (including phenoxy) is 2. The predicted octanol–water partition coefficient (Wildman–Crippen LogP) is 1.78. The first kappa shape index (κ1) is 24.4. The number of amides is 1. The molecule has 1 unspecified atom stereocenters. The van der Waals surface area contributed by atoms with Crippen LogP contribution in [0.15, 0.2) is 15.5 Å². The van der Waals surface area contributed by atoms with Crippen molar-refractivity contribution in [2.45, 2.75) is 39.3 Å². The molecule has 0 radical (unpaired) electrons. The number of nitrogens with one attached hydrogen (secondary N) is 1. The Labute approximate surface area is 194 Å². The number of rotatable bonds is 5. The summed E-state index contributed by atoms with van der Waals surface area (Å²) in [6, 6.07) is 1.67. The summed E-state index contributed by atoms with van der Waals surface area (Å²) < 4.78 is 15.9. The summed E-state index contributed by atoms with van der Waals surface area (Å²) >= 11 is 0. The van der Waals surface area contributed by atoms with Crippen LogP contribution in [0.4, 0.5) is 0 Å². The van der Waals surface area contributed by atoms with Gasteiger partial charge in [-0.25, -0.2) is 9.79 Å². The quantitative estimate of drug-likeness (QED) is 0.266. The van der Waals surface area contributed by atoms with Crippen molar-refractivity contribution in [2.24, 2.45) is 4.99 Å². The maximum Gasteiger partial charge on any atom is 0.341 e. The fourth-order valence-electron chi connectivity index (χ4n) is 3.63. The molecule has 1 amide bonds. The third-order valence-electron chi connectivity index (χ3n) is 5.19. The third kappa shape index (κ3) is 5.87. The molecule has 1 atom stereocenters. The molecular formula is C20H31IN4O5. The molecule has 30 heavy (non-hydrogen) atoms. The van der Waals surface area contributed by atoms with Crippen molar-refractivity contribution in [2.75, 3.05) is 46.4 Å². The lowest BCUT2D eigenvalue weighted by Gasteiger charge is -2.37. The number of carbonyl (C=O) groups excluding carboxylic acids is 2. The number of piperazine rings is 1. The van der Waals surface area contributed by atoms with Crippen LogP contribution in [0.5, 0.6) is 0 Å². The van der Waals surface area contributed by atoms with Crippen molar-refractivity contribution in [3.8, 4) is 0 Å². The van der Waals surface area contributed by atoms with Crippen molar-refractivity contribution in [3.05, 3.63) is 23.2 Å². The number of methoxy groups -OCH3 is 1. The van der Waals surface area contributed by atoms with E-state index in [1.54, 1.807) is 13.0 Å². The van der Waals surface area contributed by atoms with Gasteiger partial charge >= 0.3 is 5.97 Å². The van der Waals surface area contributed by atoms with Gasteiger partial charge in [-0.2, -0.15) is 0 Å². The molecule has 0 bridgehead atoms. The van der Waals surface area contributed by atoms with Crippen LogP contribution in [-0.2, 0) is 20.8 Å². The highest BCUT2D eigenvalue weighted by molar-refractivity contribution is 14.0. The maximum atomic E-state index is 12.5. The molecule has 0 spiro atoms. The standard InChI is InChI=1S/C20H30N4O5.HI/c1-4-21-20(22-13-15-12-16(14(2)29-15)19(26)27-3)24-9-7-23(8-10-24)18(25)17-6-5-11-28-17;/h12,17H,4-11,13H2,1-3H3,(H,21,22);1H.